The molecule has 2 rings (SSSR count). The molecule has 0 spiro atoms. The van der Waals surface area contributed by atoms with Crippen LogP contribution in [-0.2, 0) is 9.59 Å². The summed E-state index contributed by atoms with van der Waals surface area (Å²) in [6.07, 6.45) is -0.203. The zero-order valence-corrected chi connectivity index (χ0v) is 17.6. The van der Waals surface area contributed by atoms with Crippen LogP contribution >= 0.6 is 0 Å². The predicted octanol–water partition coefficient (Wildman–Crippen LogP) is 5.35. The molecular formula is C24H30O4. The molecule has 4 nitrogen and oxygen atoms in total. The zero-order chi connectivity index (χ0) is 21.2. The third-order valence-corrected chi connectivity index (χ3v) is 5.49. The van der Waals surface area contributed by atoms with Crippen LogP contribution in [0.15, 0.2) is 24.3 Å². The van der Waals surface area contributed by atoms with Gasteiger partial charge in [0.05, 0.1) is 12.8 Å². The van der Waals surface area contributed by atoms with Crippen LogP contribution < -0.4 is 0 Å². The second kappa shape index (κ2) is 8.59. The number of carboxylic acids is 2. The fraction of sp³-hybridized carbons (Fsp3) is 0.417. The minimum Gasteiger partial charge on any atom is -0.481 e. The first-order chi connectivity index (χ1) is 13.0. The van der Waals surface area contributed by atoms with Crippen molar-refractivity contribution < 1.29 is 19.8 Å². The summed E-state index contributed by atoms with van der Waals surface area (Å²) >= 11 is 0. The molecule has 4 heteroatoms. The van der Waals surface area contributed by atoms with Crippen LogP contribution in [0.5, 0.6) is 0 Å². The molecule has 0 aromatic heterocycles. The summed E-state index contributed by atoms with van der Waals surface area (Å²) in [7, 11) is 0. The van der Waals surface area contributed by atoms with Crippen molar-refractivity contribution >= 4 is 11.9 Å². The molecule has 0 aliphatic heterocycles. The lowest BCUT2D eigenvalue weighted by atomic mass is 9.72. The number of hydrogen-bond acceptors (Lipinski definition) is 2. The predicted molar refractivity (Wildman–Crippen MR) is 111 cm³/mol. The Hall–Kier alpha value is -2.62. The van der Waals surface area contributed by atoms with E-state index in [1.807, 2.05) is 65.8 Å². The summed E-state index contributed by atoms with van der Waals surface area (Å²) in [5, 5.41) is 19.3. The van der Waals surface area contributed by atoms with E-state index < -0.39 is 23.8 Å². The second-order valence-electron chi connectivity index (χ2n) is 8.03. The summed E-state index contributed by atoms with van der Waals surface area (Å²) in [5.74, 6) is -2.65. The van der Waals surface area contributed by atoms with E-state index in [-0.39, 0.29) is 12.8 Å². The molecule has 0 bridgehead atoms. The van der Waals surface area contributed by atoms with Gasteiger partial charge in [-0.05, 0) is 74.9 Å². The van der Waals surface area contributed by atoms with E-state index >= 15 is 0 Å². The zero-order valence-electron chi connectivity index (χ0n) is 17.6. The van der Waals surface area contributed by atoms with Gasteiger partial charge in [0, 0.05) is 11.8 Å². The number of benzene rings is 2. The molecule has 0 fully saturated rings. The first kappa shape index (κ1) is 21.7. The summed E-state index contributed by atoms with van der Waals surface area (Å²) in [5.41, 5.74) is 8.21. The molecular weight excluding hydrogens is 352 g/mol. The van der Waals surface area contributed by atoms with E-state index in [4.69, 9.17) is 0 Å². The Bertz CT molecular complexity index is 789. The third kappa shape index (κ3) is 4.80. The van der Waals surface area contributed by atoms with Crippen molar-refractivity contribution in [3.8, 4) is 0 Å². The molecule has 2 N–H and O–H groups in total. The maximum absolute atomic E-state index is 11.8. The number of carbonyl (C=O) groups is 2. The summed E-state index contributed by atoms with van der Waals surface area (Å²) < 4.78 is 0. The Balaban J connectivity index is 2.76. The van der Waals surface area contributed by atoms with Crippen molar-refractivity contribution in [2.24, 2.45) is 0 Å². The smallest absolute Gasteiger partial charge is 0.303 e. The molecule has 150 valence electrons. The highest BCUT2D eigenvalue weighted by atomic mass is 16.4. The maximum atomic E-state index is 11.8. The number of rotatable bonds is 7. The Morgan fingerprint density at radius 3 is 1.11 bits per heavy atom. The molecule has 28 heavy (non-hydrogen) atoms. The minimum atomic E-state index is -0.915. The molecule has 0 unspecified atom stereocenters. The number of aliphatic carboxylic acids is 2. The molecule has 0 aliphatic rings. The van der Waals surface area contributed by atoms with E-state index in [0.29, 0.717) is 0 Å². The van der Waals surface area contributed by atoms with E-state index in [0.717, 1.165) is 44.5 Å². The Labute approximate surface area is 167 Å². The topological polar surface area (TPSA) is 74.6 Å². The first-order valence-corrected chi connectivity index (χ1v) is 9.60. The van der Waals surface area contributed by atoms with Crippen LogP contribution in [0, 0.1) is 41.5 Å². The van der Waals surface area contributed by atoms with Crippen molar-refractivity contribution in [1.29, 1.82) is 0 Å². The van der Waals surface area contributed by atoms with E-state index in [1.165, 1.54) is 0 Å². The molecule has 0 radical (unpaired) electrons. The van der Waals surface area contributed by atoms with E-state index in [1.54, 1.807) is 0 Å². The average Bonchev–Trinajstić information content (AvgIpc) is 2.50. The molecule has 2 atom stereocenters. The lowest BCUT2D eigenvalue weighted by Gasteiger charge is -2.31. The lowest BCUT2D eigenvalue weighted by Crippen LogP contribution is -2.22. The number of carboxylic acid groups (broad SMARTS) is 2. The Morgan fingerprint density at radius 2 is 0.893 bits per heavy atom. The van der Waals surface area contributed by atoms with E-state index in [9.17, 15) is 19.8 Å². The number of aryl methyl sites for hydroxylation is 6. The number of hydrogen-bond donors (Lipinski definition) is 2. The highest BCUT2D eigenvalue weighted by Gasteiger charge is 2.33. The van der Waals surface area contributed by atoms with Crippen molar-refractivity contribution in [2.75, 3.05) is 0 Å². The second-order valence-corrected chi connectivity index (χ2v) is 8.03. The van der Waals surface area contributed by atoms with Gasteiger partial charge in [-0.2, -0.15) is 0 Å². The van der Waals surface area contributed by atoms with Crippen LogP contribution in [0.1, 0.15) is 69.2 Å². The van der Waals surface area contributed by atoms with Crippen molar-refractivity contribution in [2.45, 2.75) is 66.2 Å². The van der Waals surface area contributed by atoms with Crippen molar-refractivity contribution in [1.82, 2.24) is 0 Å². The summed E-state index contributed by atoms with van der Waals surface area (Å²) in [6.45, 7) is 12.0. The SMILES string of the molecule is Cc1cc(C)c([C@H](CC(=O)O)[C@@H](CC(=O)O)c2c(C)cc(C)cc2C)c(C)c1. The van der Waals surface area contributed by atoms with Gasteiger partial charge in [-0.25, -0.2) is 0 Å². The molecule has 0 saturated heterocycles. The lowest BCUT2D eigenvalue weighted by molar-refractivity contribution is -0.140. The fourth-order valence-corrected chi connectivity index (χ4v) is 4.82. The quantitative estimate of drug-likeness (QED) is 0.676. The van der Waals surface area contributed by atoms with Gasteiger partial charge < -0.3 is 10.2 Å². The fourth-order valence-electron chi connectivity index (χ4n) is 4.82. The normalized spacial score (nSPS) is 13.2. The third-order valence-electron chi connectivity index (χ3n) is 5.49. The van der Waals surface area contributed by atoms with Gasteiger partial charge in [0.1, 0.15) is 0 Å². The standard InChI is InChI=1S/C24H30O4/c1-13-7-15(3)23(16(4)8-13)19(11-21(25)26)20(12-22(27)28)24-17(5)9-14(2)10-18(24)6/h7-10,19-20H,11-12H2,1-6H3,(H,25,26)(H,27,28)/t19-,20-/m1/s1. The van der Waals surface area contributed by atoms with Crippen LogP contribution in [0.25, 0.3) is 0 Å². The van der Waals surface area contributed by atoms with Crippen LogP contribution in [0.4, 0.5) is 0 Å². The van der Waals surface area contributed by atoms with Gasteiger partial charge in [0.25, 0.3) is 0 Å². The molecule has 0 heterocycles. The molecule has 0 aliphatic carbocycles. The Kier molecular flexibility index (Phi) is 6.65. The first-order valence-electron chi connectivity index (χ1n) is 9.60. The van der Waals surface area contributed by atoms with Gasteiger partial charge in [-0.3, -0.25) is 9.59 Å². The highest BCUT2D eigenvalue weighted by Crippen LogP contribution is 2.43. The average molecular weight is 383 g/mol. The van der Waals surface area contributed by atoms with Crippen molar-refractivity contribution in [3.05, 3.63) is 68.8 Å². The largest absolute Gasteiger partial charge is 0.481 e. The van der Waals surface area contributed by atoms with E-state index in [2.05, 4.69) is 0 Å². The van der Waals surface area contributed by atoms with Crippen LogP contribution in [0.3, 0.4) is 0 Å². The van der Waals surface area contributed by atoms with Crippen molar-refractivity contribution in [3.63, 3.8) is 0 Å². The molecule has 0 amide bonds. The van der Waals surface area contributed by atoms with Crippen LogP contribution in [-0.4, -0.2) is 22.2 Å². The monoisotopic (exact) mass is 382 g/mol. The summed E-state index contributed by atoms with van der Waals surface area (Å²) in [6, 6.07) is 8.18. The van der Waals surface area contributed by atoms with Gasteiger partial charge in [-0.1, -0.05) is 35.4 Å². The van der Waals surface area contributed by atoms with Gasteiger partial charge >= 0.3 is 11.9 Å². The molecule has 2 aromatic carbocycles. The molecule has 0 saturated carbocycles. The van der Waals surface area contributed by atoms with Gasteiger partial charge in [0.15, 0.2) is 0 Å². The van der Waals surface area contributed by atoms with Gasteiger partial charge in [-0.15, -0.1) is 0 Å². The van der Waals surface area contributed by atoms with Gasteiger partial charge in [0.2, 0.25) is 0 Å². The molecule has 2 aromatic rings. The minimum absolute atomic E-state index is 0.102. The Morgan fingerprint density at radius 1 is 0.643 bits per heavy atom. The highest BCUT2D eigenvalue weighted by molar-refractivity contribution is 5.71. The summed E-state index contributed by atoms with van der Waals surface area (Å²) in [4.78, 5) is 23.5. The van der Waals surface area contributed by atoms with Crippen LogP contribution in [0.2, 0.25) is 0 Å². The maximum Gasteiger partial charge on any atom is 0.303 e.